The molecule has 25 heavy (non-hydrogen) atoms. The van der Waals surface area contributed by atoms with E-state index in [2.05, 4.69) is 12.2 Å². The third-order valence-electron chi connectivity index (χ3n) is 4.04. The van der Waals surface area contributed by atoms with E-state index in [1.165, 1.54) is 0 Å². The smallest absolute Gasteiger partial charge is 0.410 e. The van der Waals surface area contributed by atoms with E-state index in [1.807, 2.05) is 6.92 Å². The molecule has 7 heteroatoms. The summed E-state index contributed by atoms with van der Waals surface area (Å²) in [5, 5.41) is 11.8. The van der Waals surface area contributed by atoms with Crippen LogP contribution in [0, 0.1) is 17.8 Å². The molecule has 0 aromatic heterocycles. The summed E-state index contributed by atoms with van der Waals surface area (Å²) in [7, 11) is 0. The number of esters is 1. The molecule has 0 saturated carbocycles. The second-order valence-corrected chi connectivity index (χ2v) is 6.58. The van der Waals surface area contributed by atoms with Gasteiger partial charge in [0.2, 0.25) is 0 Å². The van der Waals surface area contributed by atoms with E-state index < -0.39 is 30.2 Å². The molecule has 0 aliphatic rings. The van der Waals surface area contributed by atoms with Crippen molar-refractivity contribution in [2.75, 3.05) is 6.54 Å². The molecular weight excluding hydrogens is 326 g/mol. The van der Waals surface area contributed by atoms with Crippen molar-refractivity contribution < 1.29 is 29.0 Å². The lowest BCUT2D eigenvalue weighted by atomic mass is 9.89. The number of amides is 1. The van der Waals surface area contributed by atoms with Gasteiger partial charge in [-0.2, -0.15) is 0 Å². The van der Waals surface area contributed by atoms with Gasteiger partial charge >= 0.3 is 18.0 Å². The number of carboxylic acid groups (broad SMARTS) is 1. The van der Waals surface area contributed by atoms with Crippen LogP contribution in [0.1, 0.15) is 66.7 Å². The second-order valence-electron chi connectivity index (χ2n) is 6.58. The maximum atomic E-state index is 11.9. The van der Waals surface area contributed by atoms with Crippen LogP contribution in [0.4, 0.5) is 4.79 Å². The van der Waals surface area contributed by atoms with Crippen LogP contribution in [0.15, 0.2) is 0 Å². The normalized spacial score (nSPS) is 14.5. The van der Waals surface area contributed by atoms with E-state index in [-0.39, 0.29) is 18.9 Å². The Morgan fingerprint density at radius 1 is 1.08 bits per heavy atom. The number of aliphatic carboxylic acids is 1. The number of hydrogen-bond donors (Lipinski definition) is 2. The van der Waals surface area contributed by atoms with Crippen molar-refractivity contribution in [2.24, 2.45) is 17.8 Å². The lowest BCUT2D eigenvalue weighted by Gasteiger charge is -2.23. The second kappa shape index (κ2) is 12.6. The molecule has 0 rings (SSSR count). The Balaban J connectivity index is 4.58. The average Bonchev–Trinajstić information content (AvgIpc) is 2.56. The first-order chi connectivity index (χ1) is 11.7. The number of alkyl carbamates (subject to hydrolysis) is 1. The van der Waals surface area contributed by atoms with Gasteiger partial charge in [0.1, 0.15) is 0 Å². The lowest BCUT2D eigenvalue weighted by molar-refractivity contribution is -0.174. The predicted molar refractivity (Wildman–Crippen MR) is 93.9 cm³/mol. The van der Waals surface area contributed by atoms with Crippen LogP contribution in [-0.4, -0.2) is 36.0 Å². The Labute approximate surface area is 150 Å². The fraction of sp³-hybridized carbons (Fsp3) is 0.833. The Morgan fingerprint density at radius 2 is 1.72 bits per heavy atom. The molecular formula is C18H33NO6. The highest BCUT2D eigenvalue weighted by Gasteiger charge is 2.25. The SMILES string of the molecule is CCC[C@@H](CC)CC(CNC(=O)O[C@H](OC(=O)CC)C(C)C)C(=O)O. The summed E-state index contributed by atoms with van der Waals surface area (Å²) < 4.78 is 10.2. The summed E-state index contributed by atoms with van der Waals surface area (Å²) in [5.74, 6) is -1.95. The highest BCUT2D eigenvalue weighted by Crippen LogP contribution is 2.21. The number of carbonyl (C=O) groups excluding carboxylic acids is 2. The number of nitrogens with one attached hydrogen (secondary N) is 1. The molecule has 146 valence electrons. The number of hydrogen-bond acceptors (Lipinski definition) is 5. The molecule has 0 aliphatic heterocycles. The maximum Gasteiger partial charge on any atom is 0.410 e. The largest absolute Gasteiger partial charge is 0.481 e. The molecule has 2 N–H and O–H groups in total. The van der Waals surface area contributed by atoms with E-state index >= 15 is 0 Å². The van der Waals surface area contributed by atoms with Crippen molar-refractivity contribution in [1.29, 1.82) is 0 Å². The summed E-state index contributed by atoms with van der Waals surface area (Å²) in [6.45, 7) is 9.27. The van der Waals surface area contributed by atoms with Crippen LogP contribution in [-0.2, 0) is 19.1 Å². The van der Waals surface area contributed by atoms with Crippen molar-refractivity contribution >= 4 is 18.0 Å². The van der Waals surface area contributed by atoms with Crippen LogP contribution < -0.4 is 5.32 Å². The van der Waals surface area contributed by atoms with Gasteiger partial charge in [0, 0.05) is 18.9 Å². The number of carbonyl (C=O) groups is 3. The van der Waals surface area contributed by atoms with E-state index in [4.69, 9.17) is 9.47 Å². The third kappa shape index (κ3) is 9.94. The zero-order valence-electron chi connectivity index (χ0n) is 16.0. The molecule has 0 bridgehead atoms. The first-order valence-electron chi connectivity index (χ1n) is 9.11. The topological polar surface area (TPSA) is 102 Å². The fourth-order valence-corrected chi connectivity index (χ4v) is 2.43. The zero-order valence-corrected chi connectivity index (χ0v) is 16.0. The van der Waals surface area contributed by atoms with Crippen LogP contribution >= 0.6 is 0 Å². The summed E-state index contributed by atoms with van der Waals surface area (Å²) in [6, 6.07) is 0. The molecule has 0 aromatic rings. The highest BCUT2D eigenvalue weighted by molar-refractivity contribution is 5.73. The minimum atomic E-state index is -0.987. The molecule has 0 fully saturated rings. The highest BCUT2D eigenvalue weighted by atomic mass is 16.7. The molecule has 1 amide bonds. The quantitative estimate of drug-likeness (QED) is 0.408. The van der Waals surface area contributed by atoms with Crippen molar-refractivity contribution in [3.8, 4) is 0 Å². The van der Waals surface area contributed by atoms with Crippen molar-refractivity contribution in [1.82, 2.24) is 5.32 Å². The molecule has 7 nitrogen and oxygen atoms in total. The van der Waals surface area contributed by atoms with Crippen molar-refractivity contribution in [3.05, 3.63) is 0 Å². The van der Waals surface area contributed by atoms with Gasteiger partial charge in [-0.15, -0.1) is 0 Å². The monoisotopic (exact) mass is 359 g/mol. The summed E-state index contributed by atoms with van der Waals surface area (Å²) in [5.41, 5.74) is 0. The van der Waals surface area contributed by atoms with Crippen LogP contribution in [0.5, 0.6) is 0 Å². The van der Waals surface area contributed by atoms with Gasteiger partial charge in [-0.3, -0.25) is 9.59 Å². The number of ether oxygens (including phenoxy) is 2. The van der Waals surface area contributed by atoms with Crippen molar-refractivity contribution in [2.45, 2.75) is 73.0 Å². The lowest BCUT2D eigenvalue weighted by Crippen LogP contribution is -2.38. The molecule has 0 saturated heterocycles. The Hall–Kier alpha value is -1.79. The van der Waals surface area contributed by atoms with Crippen LogP contribution in [0.2, 0.25) is 0 Å². The molecule has 0 spiro atoms. The van der Waals surface area contributed by atoms with Gasteiger partial charge in [0.15, 0.2) is 0 Å². The predicted octanol–water partition coefficient (Wildman–Crippen LogP) is 3.57. The van der Waals surface area contributed by atoms with Gasteiger partial charge in [0.25, 0.3) is 6.29 Å². The van der Waals surface area contributed by atoms with Gasteiger partial charge in [-0.25, -0.2) is 4.79 Å². The van der Waals surface area contributed by atoms with Crippen molar-refractivity contribution in [3.63, 3.8) is 0 Å². The Kier molecular flexibility index (Phi) is 11.7. The van der Waals surface area contributed by atoms with E-state index in [9.17, 15) is 19.5 Å². The Morgan fingerprint density at radius 3 is 2.16 bits per heavy atom. The first kappa shape index (κ1) is 23.2. The fourth-order valence-electron chi connectivity index (χ4n) is 2.43. The molecule has 0 radical (unpaired) electrons. The number of rotatable bonds is 12. The number of carboxylic acids is 1. The summed E-state index contributed by atoms with van der Waals surface area (Å²) in [4.78, 5) is 34.7. The standard InChI is InChI=1S/C18H33NO6/c1-6-9-13(7-2)10-14(16(21)22)11-19-18(23)25-17(12(4)5)24-15(20)8-3/h12-14,17H,6-11H2,1-5H3,(H,19,23)(H,21,22)/t13-,14?,17+/m1/s1. The minimum Gasteiger partial charge on any atom is -0.481 e. The molecule has 0 aromatic carbocycles. The maximum absolute atomic E-state index is 11.9. The average molecular weight is 359 g/mol. The van der Waals surface area contributed by atoms with E-state index in [0.717, 1.165) is 19.3 Å². The first-order valence-corrected chi connectivity index (χ1v) is 9.11. The minimum absolute atomic E-state index is 0.0130. The van der Waals surface area contributed by atoms with Gasteiger partial charge in [-0.05, 0) is 12.3 Å². The molecule has 3 atom stereocenters. The zero-order chi connectivity index (χ0) is 19.4. The summed E-state index contributed by atoms with van der Waals surface area (Å²) in [6.07, 6.45) is 1.80. The van der Waals surface area contributed by atoms with Crippen LogP contribution in [0.3, 0.4) is 0 Å². The molecule has 0 aliphatic carbocycles. The molecule has 0 heterocycles. The van der Waals surface area contributed by atoms with Gasteiger partial charge in [-0.1, -0.05) is 53.9 Å². The third-order valence-corrected chi connectivity index (χ3v) is 4.04. The van der Waals surface area contributed by atoms with E-state index in [1.54, 1.807) is 20.8 Å². The molecule has 1 unspecified atom stereocenters. The van der Waals surface area contributed by atoms with E-state index in [0.29, 0.717) is 12.3 Å². The van der Waals surface area contributed by atoms with Gasteiger partial charge < -0.3 is 19.9 Å². The Bertz CT molecular complexity index is 424. The summed E-state index contributed by atoms with van der Waals surface area (Å²) >= 11 is 0. The van der Waals surface area contributed by atoms with Gasteiger partial charge in [0.05, 0.1) is 5.92 Å². The van der Waals surface area contributed by atoms with Crippen LogP contribution in [0.25, 0.3) is 0 Å².